The van der Waals surface area contributed by atoms with Gasteiger partial charge in [-0.2, -0.15) is 0 Å². The number of ether oxygens (including phenoxy) is 1. The van der Waals surface area contributed by atoms with Crippen LogP contribution in [0.25, 0.3) is 0 Å². The number of methoxy groups -OCH3 is 1. The maximum atomic E-state index is 5.51. The van der Waals surface area contributed by atoms with Crippen LogP contribution < -0.4 is 22.5 Å². The summed E-state index contributed by atoms with van der Waals surface area (Å²) in [6.07, 6.45) is 3.12. The summed E-state index contributed by atoms with van der Waals surface area (Å²) in [6.45, 7) is 0.733. The Morgan fingerprint density at radius 3 is 2.67 bits per heavy atom. The third-order valence-corrected chi connectivity index (χ3v) is 1.17. The van der Waals surface area contributed by atoms with Crippen molar-refractivity contribution in [1.82, 2.24) is 5.32 Å². The molecule has 0 saturated heterocycles. The molecule has 0 saturated carbocycles. The summed E-state index contributed by atoms with van der Waals surface area (Å²) in [4.78, 5) is 0. The SMILES string of the molecule is COCC(=C/N)/C=C(\N)NCN. The average molecular weight is 172 g/mol. The Hall–Kier alpha value is -1.20. The first-order chi connectivity index (χ1) is 5.74. The normalized spacial score (nSPS) is 13.2. The summed E-state index contributed by atoms with van der Waals surface area (Å²) < 4.78 is 4.87. The van der Waals surface area contributed by atoms with Crippen LogP contribution >= 0.6 is 0 Å². The first kappa shape index (κ1) is 10.8. The zero-order chi connectivity index (χ0) is 9.40. The van der Waals surface area contributed by atoms with Crippen LogP contribution in [-0.2, 0) is 4.74 Å². The molecule has 0 unspecified atom stereocenters. The molecule has 0 aromatic carbocycles. The van der Waals surface area contributed by atoms with E-state index in [0.717, 1.165) is 5.57 Å². The quantitative estimate of drug-likeness (QED) is 0.308. The van der Waals surface area contributed by atoms with Gasteiger partial charge in [0.15, 0.2) is 0 Å². The van der Waals surface area contributed by atoms with Crippen molar-refractivity contribution in [3.8, 4) is 0 Å². The summed E-state index contributed by atoms with van der Waals surface area (Å²) in [5, 5.41) is 2.73. The molecule has 0 aromatic rings. The van der Waals surface area contributed by atoms with E-state index >= 15 is 0 Å². The molecule has 0 atom stereocenters. The van der Waals surface area contributed by atoms with Gasteiger partial charge in [0.25, 0.3) is 0 Å². The molecule has 0 heterocycles. The molecule has 0 aliphatic carbocycles. The van der Waals surface area contributed by atoms with Gasteiger partial charge in [-0.15, -0.1) is 0 Å². The van der Waals surface area contributed by atoms with Crippen LogP contribution in [0, 0.1) is 0 Å². The second kappa shape index (κ2) is 6.51. The maximum absolute atomic E-state index is 5.51. The Bertz CT molecular complexity index is 176. The topological polar surface area (TPSA) is 99.3 Å². The molecule has 7 N–H and O–H groups in total. The van der Waals surface area contributed by atoms with Gasteiger partial charge in [-0.25, -0.2) is 0 Å². The fourth-order valence-corrected chi connectivity index (χ4v) is 0.673. The van der Waals surface area contributed by atoms with Crippen LogP contribution in [0.4, 0.5) is 0 Å². The van der Waals surface area contributed by atoms with Crippen molar-refractivity contribution in [2.75, 3.05) is 20.4 Å². The molecular weight excluding hydrogens is 156 g/mol. The number of hydrogen-bond donors (Lipinski definition) is 4. The highest BCUT2D eigenvalue weighted by Gasteiger charge is 1.92. The molecule has 0 rings (SSSR count). The van der Waals surface area contributed by atoms with Crippen LogP contribution in [0.15, 0.2) is 23.7 Å². The van der Waals surface area contributed by atoms with Gasteiger partial charge in [-0.05, 0) is 17.8 Å². The first-order valence-corrected chi connectivity index (χ1v) is 3.55. The predicted octanol–water partition coefficient (Wildman–Crippen LogP) is -1.22. The zero-order valence-electron chi connectivity index (χ0n) is 7.21. The highest BCUT2D eigenvalue weighted by molar-refractivity contribution is 5.21. The monoisotopic (exact) mass is 172 g/mol. The van der Waals surface area contributed by atoms with Crippen molar-refractivity contribution < 1.29 is 4.74 Å². The third-order valence-electron chi connectivity index (χ3n) is 1.17. The lowest BCUT2D eigenvalue weighted by Gasteiger charge is -2.04. The van der Waals surface area contributed by atoms with Gasteiger partial charge in [0, 0.05) is 7.11 Å². The van der Waals surface area contributed by atoms with Gasteiger partial charge < -0.3 is 27.3 Å². The Kier molecular flexibility index (Phi) is 5.86. The smallest absolute Gasteiger partial charge is 0.0974 e. The molecule has 5 nitrogen and oxygen atoms in total. The highest BCUT2D eigenvalue weighted by atomic mass is 16.5. The van der Waals surface area contributed by atoms with E-state index in [2.05, 4.69) is 5.32 Å². The van der Waals surface area contributed by atoms with Crippen LogP contribution in [0.2, 0.25) is 0 Å². The number of rotatable bonds is 5. The summed E-state index contributed by atoms with van der Waals surface area (Å²) in [7, 11) is 1.59. The highest BCUT2D eigenvalue weighted by Crippen LogP contribution is 1.95. The number of nitrogens with two attached hydrogens (primary N) is 3. The van der Waals surface area contributed by atoms with E-state index in [1.807, 2.05) is 0 Å². The van der Waals surface area contributed by atoms with E-state index in [9.17, 15) is 0 Å². The fraction of sp³-hybridized carbons (Fsp3) is 0.429. The lowest BCUT2D eigenvalue weighted by Crippen LogP contribution is -2.26. The van der Waals surface area contributed by atoms with E-state index in [4.69, 9.17) is 21.9 Å². The zero-order valence-corrected chi connectivity index (χ0v) is 7.21. The molecule has 70 valence electrons. The molecule has 0 spiro atoms. The van der Waals surface area contributed by atoms with Crippen molar-refractivity contribution in [3.05, 3.63) is 23.7 Å². The van der Waals surface area contributed by atoms with Crippen LogP contribution in [0.3, 0.4) is 0 Å². The fourth-order valence-electron chi connectivity index (χ4n) is 0.673. The standard InChI is InChI=1S/C7H16N4O/c1-12-4-6(3-8)2-7(10)11-5-9/h2-3,11H,4-5,8-10H2,1H3/b6-3+,7-2+. The van der Waals surface area contributed by atoms with E-state index in [1.165, 1.54) is 6.20 Å². The first-order valence-electron chi connectivity index (χ1n) is 3.55. The Morgan fingerprint density at radius 1 is 1.58 bits per heavy atom. The Balaban J connectivity index is 4.07. The molecule has 0 bridgehead atoms. The summed E-state index contributed by atoms with van der Waals surface area (Å²) >= 11 is 0. The molecule has 0 fully saturated rings. The van der Waals surface area contributed by atoms with Gasteiger partial charge in [-0.1, -0.05) is 0 Å². The lowest BCUT2D eigenvalue weighted by molar-refractivity contribution is 0.228. The van der Waals surface area contributed by atoms with E-state index in [1.54, 1.807) is 13.2 Å². The number of nitrogens with one attached hydrogen (secondary N) is 1. The van der Waals surface area contributed by atoms with Gasteiger partial charge in [0.05, 0.1) is 19.1 Å². The van der Waals surface area contributed by atoms with Crippen molar-refractivity contribution in [2.24, 2.45) is 17.2 Å². The second-order valence-electron chi connectivity index (χ2n) is 2.16. The van der Waals surface area contributed by atoms with E-state index in [0.29, 0.717) is 19.1 Å². The molecule has 0 radical (unpaired) electrons. The van der Waals surface area contributed by atoms with Gasteiger partial charge in [0.1, 0.15) is 0 Å². The summed E-state index contributed by atoms with van der Waals surface area (Å²) in [5.41, 5.74) is 16.8. The van der Waals surface area contributed by atoms with Gasteiger partial charge in [-0.3, -0.25) is 0 Å². The molecule has 0 amide bonds. The van der Waals surface area contributed by atoms with E-state index < -0.39 is 0 Å². The predicted molar refractivity (Wildman–Crippen MR) is 48.6 cm³/mol. The molecular formula is C7H16N4O. The van der Waals surface area contributed by atoms with Crippen LogP contribution in [0.1, 0.15) is 0 Å². The van der Waals surface area contributed by atoms with Gasteiger partial charge >= 0.3 is 0 Å². The molecule has 0 aliphatic heterocycles. The molecule has 5 heteroatoms. The van der Waals surface area contributed by atoms with E-state index in [-0.39, 0.29) is 0 Å². The summed E-state index contributed by atoms with van der Waals surface area (Å²) in [6, 6.07) is 0. The molecule has 0 aliphatic rings. The van der Waals surface area contributed by atoms with Crippen molar-refractivity contribution in [2.45, 2.75) is 0 Å². The summed E-state index contributed by atoms with van der Waals surface area (Å²) in [5.74, 6) is 0.478. The third kappa shape index (κ3) is 4.59. The minimum atomic E-state index is 0.299. The van der Waals surface area contributed by atoms with Crippen molar-refractivity contribution in [1.29, 1.82) is 0 Å². The maximum Gasteiger partial charge on any atom is 0.0974 e. The minimum absolute atomic E-state index is 0.299. The molecule has 0 aromatic heterocycles. The Morgan fingerprint density at radius 2 is 2.25 bits per heavy atom. The van der Waals surface area contributed by atoms with Gasteiger partial charge in [0.2, 0.25) is 0 Å². The molecule has 12 heavy (non-hydrogen) atoms. The Labute approximate surface area is 72.2 Å². The largest absolute Gasteiger partial charge is 0.404 e. The lowest BCUT2D eigenvalue weighted by atomic mass is 10.3. The van der Waals surface area contributed by atoms with Crippen molar-refractivity contribution >= 4 is 0 Å². The minimum Gasteiger partial charge on any atom is -0.404 e. The van der Waals surface area contributed by atoms with Crippen LogP contribution in [-0.4, -0.2) is 20.4 Å². The van der Waals surface area contributed by atoms with Crippen molar-refractivity contribution in [3.63, 3.8) is 0 Å². The number of hydrogen-bond acceptors (Lipinski definition) is 5. The second-order valence-corrected chi connectivity index (χ2v) is 2.16. The average Bonchev–Trinajstić information content (AvgIpc) is 2.04. The van der Waals surface area contributed by atoms with Crippen LogP contribution in [0.5, 0.6) is 0 Å².